The van der Waals surface area contributed by atoms with E-state index in [9.17, 15) is 13.2 Å². The number of rotatable bonds is 9. The summed E-state index contributed by atoms with van der Waals surface area (Å²) in [5.74, 6) is 0.0525. The van der Waals surface area contributed by atoms with Gasteiger partial charge in [0.05, 0.1) is 5.75 Å². The molecule has 162 valence electrons. The number of benzene rings is 1. The Morgan fingerprint density at radius 1 is 1.10 bits per heavy atom. The predicted octanol–water partition coefficient (Wildman–Crippen LogP) is 2.70. The Morgan fingerprint density at radius 3 is 2.40 bits per heavy atom. The van der Waals surface area contributed by atoms with Crippen LogP contribution in [0.1, 0.15) is 48.5 Å². The second-order valence-electron chi connectivity index (χ2n) is 7.63. The lowest BCUT2D eigenvalue weighted by Crippen LogP contribution is -2.44. The van der Waals surface area contributed by atoms with Crippen LogP contribution in [0.4, 0.5) is 5.69 Å². The van der Waals surface area contributed by atoms with Crippen molar-refractivity contribution in [1.29, 1.82) is 0 Å². The molecule has 1 amide bonds. The topological polar surface area (TPSA) is 91.4 Å². The Labute approximate surface area is 178 Å². The number of pyridine rings is 1. The minimum Gasteiger partial charge on any atom is -0.371 e. The molecular weight excluding hydrogens is 400 g/mol. The lowest BCUT2D eigenvalue weighted by molar-refractivity contribution is 0.0931. The SMILES string of the molecule is CCCCS(=O)(=O)NCc1ccc(C(=O)NC2CCN(c3ccncc3)CC2)cc1. The first-order valence-corrected chi connectivity index (χ1v) is 12.1. The van der Waals surface area contributed by atoms with Gasteiger partial charge in [-0.25, -0.2) is 13.1 Å². The van der Waals surface area contributed by atoms with Gasteiger partial charge in [-0.05, 0) is 49.1 Å². The van der Waals surface area contributed by atoms with Crippen LogP contribution < -0.4 is 14.9 Å². The number of piperidine rings is 1. The van der Waals surface area contributed by atoms with E-state index in [0.717, 1.165) is 43.6 Å². The maximum atomic E-state index is 12.6. The van der Waals surface area contributed by atoms with E-state index in [1.807, 2.05) is 19.1 Å². The Kier molecular flexibility index (Phi) is 7.81. The highest BCUT2D eigenvalue weighted by Crippen LogP contribution is 2.19. The van der Waals surface area contributed by atoms with Crippen LogP contribution in [-0.4, -0.2) is 44.2 Å². The smallest absolute Gasteiger partial charge is 0.251 e. The van der Waals surface area contributed by atoms with Gasteiger partial charge < -0.3 is 10.2 Å². The summed E-state index contributed by atoms with van der Waals surface area (Å²) >= 11 is 0. The molecule has 0 bridgehead atoms. The minimum absolute atomic E-state index is 0.0903. The summed E-state index contributed by atoms with van der Waals surface area (Å²) in [4.78, 5) is 18.9. The summed E-state index contributed by atoms with van der Waals surface area (Å²) in [6.07, 6.45) is 6.87. The van der Waals surface area contributed by atoms with Crippen molar-refractivity contribution >= 4 is 21.6 Å². The summed E-state index contributed by atoms with van der Waals surface area (Å²) in [7, 11) is -3.25. The Morgan fingerprint density at radius 2 is 1.77 bits per heavy atom. The molecule has 8 heteroatoms. The van der Waals surface area contributed by atoms with Gasteiger partial charge in [0.25, 0.3) is 5.91 Å². The van der Waals surface area contributed by atoms with Gasteiger partial charge in [0, 0.05) is 49.3 Å². The number of hydrogen-bond acceptors (Lipinski definition) is 5. The molecule has 0 spiro atoms. The molecule has 30 heavy (non-hydrogen) atoms. The maximum Gasteiger partial charge on any atom is 0.251 e. The minimum atomic E-state index is -3.25. The largest absolute Gasteiger partial charge is 0.371 e. The van der Waals surface area contributed by atoms with Gasteiger partial charge in [-0.3, -0.25) is 9.78 Å². The van der Waals surface area contributed by atoms with Crippen molar-refractivity contribution in [3.8, 4) is 0 Å². The zero-order valence-corrected chi connectivity index (χ0v) is 18.2. The summed E-state index contributed by atoms with van der Waals surface area (Å²) in [5.41, 5.74) is 2.58. The quantitative estimate of drug-likeness (QED) is 0.638. The van der Waals surface area contributed by atoms with Crippen molar-refractivity contribution in [2.45, 2.75) is 45.2 Å². The molecule has 1 saturated heterocycles. The standard InChI is InChI=1S/C22H30N4O3S/c1-2-3-16-30(28,29)24-17-18-4-6-19(7-5-18)22(27)25-20-10-14-26(15-11-20)21-8-12-23-13-9-21/h4-9,12-13,20,24H,2-3,10-11,14-17H2,1H3,(H,25,27). The van der Waals surface area contributed by atoms with Crippen LogP contribution in [0.2, 0.25) is 0 Å². The van der Waals surface area contributed by atoms with Crippen LogP contribution in [0.15, 0.2) is 48.8 Å². The number of carbonyl (C=O) groups is 1. The van der Waals surface area contributed by atoms with Gasteiger partial charge in [0.1, 0.15) is 0 Å². The fraction of sp³-hybridized carbons (Fsp3) is 0.455. The molecule has 2 N–H and O–H groups in total. The lowest BCUT2D eigenvalue weighted by Gasteiger charge is -2.33. The van der Waals surface area contributed by atoms with Crippen molar-refractivity contribution < 1.29 is 13.2 Å². The van der Waals surface area contributed by atoms with Crippen LogP contribution in [0.3, 0.4) is 0 Å². The van der Waals surface area contributed by atoms with E-state index in [1.54, 1.807) is 36.7 Å². The van der Waals surface area contributed by atoms with E-state index in [2.05, 4.69) is 19.9 Å². The maximum absolute atomic E-state index is 12.6. The molecule has 7 nitrogen and oxygen atoms in total. The highest BCUT2D eigenvalue weighted by Gasteiger charge is 2.21. The second kappa shape index (κ2) is 10.5. The molecule has 0 aliphatic carbocycles. The summed E-state index contributed by atoms with van der Waals surface area (Å²) in [6.45, 7) is 3.99. The Bertz CT molecular complexity index is 909. The fourth-order valence-electron chi connectivity index (χ4n) is 3.48. The number of aromatic nitrogens is 1. The zero-order valence-electron chi connectivity index (χ0n) is 17.4. The summed E-state index contributed by atoms with van der Waals surface area (Å²) < 4.78 is 26.4. The zero-order chi connectivity index (χ0) is 21.4. The normalized spacial score (nSPS) is 15.2. The van der Waals surface area contributed by atoms with Gasteiger partial charge in [-0.2, -0.15) is 0 Å². The van der Waals surface area contributed by atoms with Gasteiger partial charge in [0.15, 0.2) is 0 Å². The first kappa shape index (κ1) is 22.2. The molecule has 3 rings (SSSR count). The highest BCUT2D eigenvalue weighted by molar-refractivity contribution is 7.89. The van der Waals surface area contributed by atoms with E-state index in [1.165, 1.54) is 0 Å². The van der Waals surface area contributed by atoms with Crippen molar-refractivity contribution in [3.05, 3.63) is 59.9 Å². The molecule has 0 saturated carbocycles. The number of amides is 1. The van der Waals surface area contributed by atoms with Crippen molar-refractivity contribution in [1.82, 2.24) is 15.0 Å². The van der Waals surface area contributed by atoms with Gasteiger partial charge >= 0.3 is 0 Å². The van der Waals surface area contributed by atoms with Crippen molar-refractivity contribution in [2.24, 2.45) is 0 Å². The van der Waals surface area contributed by atoms with E-state index in [0.29, 0.717) is 12.0 Å². The van der Waals surface area contributed by atoms with Gasteiger partial charge in [-0.15, -0.1) is 0 Å². The highest BCUT2D eigenvalue weighted by atomic mass is 32.2. The lowest BCUT2D eigenvalue weighted by atomic mass is 10.0. The van der Waals surface area contributed by atoms with Crippen LogP contribution >= 0.6 is 0 Å². The third-order valence-electron chi connectivity index (χ3n) is 5.34. The number of hydrogen-bond donors (Lipinski definition) is 2. The van der Waals surface area contributed by atoms with Gasteiger partial charge in [-0.1, -0.05) is 25.5 Å². The molecule has 1 aromatic carbocycles. The summed E-state index contributed by atoms with van der Waals surface area (Å²) in [5, 5.41) is 3.12. The molecule has 1 aromatic heterocycles. The number of sulfonamides is 1. The van der Waals surface area contributed by atoms with Crippen LogP contribution in [0, 0.1) is 0 Å². The molecule has 0 unspecified atom stereocenters. The molecule has 1 aliphatic heterocycles. The van der Waals surface area contributed by atoms with E-state index in [4.69, 9.17) is 0 Å². The average molecular weight is 431 g/mol. The molecule has 2 aromatic rings. The number of nitrogens with zero attached hydrogens (tertiary/aromatic N) is 2. The number of unbranched alkanes of at least 4 members (excludes halogenated alkanes) is 1. The molecule has 2 heterocycles. The van der Waals surface area contributed by atoms with E-state index >= 15 is 0 Å². The number of carbonyl (C=O) groups excluding carboxylic acids is 1. The number of anilines is 1. The van der Waals surface area contributed by atoms with Crippen LogP contribution in [0.25, 0.3) is 0 Å². The third kappa shape index (κ3) is 6.53. The van der Waals surface area contributed by atoms with Crippen molar-refractivity contribution in [2.75, 3.05) is 23.7 Å². The van der Waals surface area contributed by atoms with Crippen molar-refractivity contribution in [3.63, 3.8) is 0 Å². The van der Waals surface area contributed by atoms with Crippen LogP contribution in [0.5, 0.6) is 0 Å². The van der Waals surface area contributed by atoms with E-state index < -0.39 is 10.0 Å². The monoisotopic (exact) mass is 430 g/mol. The van der Waals surface area contributed by atoms with E-state index in [-0.39, 0.29) is 24.2 Å². The summed E-state index contributed by atoms with van der Waals surface area (Å²) in [6, 6.07) is 11.2. The number of nitrogens with one attached hydrogen (secondary N) is 2. The molecular formula is C22H30N4O3S. The Balaban J connectivity index is 1.46. The average Bonchev–Trinajstić information content (AvgIpc) is 2.78. The predicted molar refractivity (Wildman–Crippen MR) is 119 cm³/mol. The molecule has 1 fully saturated rings. The fourth-order valence-corrected chi connectivity index (χ4v) is 4.68. The molecule has 0 atom stereocenters. The third-order valence-corrected chi connectivity index (χ3v) is 6.75. The second-order valence-corrected chi connectivity index (χ2v) is 9.56. The first-order valence-electron chi connectivity index (χ1n) is 10.5. The molecule has 0 radical (unpaired) electrons. The van der Waals surface area contributed by atoms with Crippen LogP contribution in [-0.2, 0) is 16.6 Å². The Hall–Kier alpha value is -2.45. The first-order chi connectivity index (χ1) is 14.5. The van der Waals surface area contributed by atoms with Gasteiger partial charge in [0.2, 0.25) is 10.0 Å². The molecule has 1 aliphatic rings.